The molecule has 0 amide bonds. The fourth-order valence-electron chi connectivity index (χ4n) is 3.26. The van der Waals surface area contributed by atoms with Crippen molar-refractivity contribution in [3.05, 3.63) is 29.3 Å². The molecule has 114 valence electrons. The summed E-state index contributed by atoms with van der Waals surface area (Å²) in [5.41, 5.74) is 3.36. The Kier molecular flexibility index (Phi) is 4.22. The first-order valence-electron chi connectivity index (χ1n) is 7.85. The summed E-state index contributed by atoms with van der Waals surface area (Å²) in [4.78, 5) is 11.7. The molecular formula is C16H25N5. The maximum atomic E-state index is 4.68. The SMILES string of the molecule is CNCC1CCN(Cc2cn3c(C)cc(C)nc3n2)CC1. The van der Waals surface area contributed by atoms with Crippen LogP contribution in [-0.4, -0.2) is 46.0 Å². The van der Waals surface area contributed by atoms with Gasteiger partial charge in [-0.25, -0.2) is 9.97 Å². The molecule has 0 saturated carbocycles. The molecule has 2 aromatic rings. The lowest BCUT2D eigenvalue weighted by molar-refractivity contribution is 0.175. The van der Waals surface area contributed by atoms with Crippen LogP contribution < -0.4 is 5.32 Å². The number of aromatic nitrogens is 3. The van der Waals surface area contributed by atoms with Crippen LogP contribution in [0.2, 0.25) is 0 Å². The van der Waals surface area contributed by atoms with Gasteiger partial charge in [0.15, 0.2) is 0 Å². The van der Waals surface area contributed by atoms with Crippen LogP contribution >= 0.6 is 0 Å². The number of likely N-dealkylation sites (tertiary alicyclic amines) is 1. The minimum absolute atomic E-state index is 0.826. The summed E-state index contributed by atoms with van der Waals surface area (Å²) in [6.45, 7) is 8.56. The van der Waals surface area contributed by atoms with Crippen LogP contribution in [0.15, 0.2) is 12.3 Å². The fourth-order valence-corrected chi connectivity index (χ4v) is 3.26. The highest BCUT2D eigenvalue weighted by molar-refractivity contribution is 5.34. The van der Waals surface area contributed by atoms with Gasteiger partial charge in [0.1, 0.15) is 0 Å². The maximum Gasteiger partial charge on any atom is 0.234 e. The second-order valence-electron chi connectivity index (χ2n) is 6.22. The Balaban J connectivity index is 1.67. The Hall–Kier alpha value is -1.46. The largest absolute Gasteiger partial charge is 0.319 e. The summed E-state index contributed by atoms with van der Waals surface area (Å²) in [6.07, 6.45) is 4.70. The smallest absolute Gasteiger partial charge is 0.234 e. The summed E-state index contributed by atoms with van der Waals surface area (Å²) in [5, 5.41) is 3.29. The zero-order valence-corrected chi connectivity index (χ0v) is 13.3. The van der Waals surface area contributed by atoms with E-state index in [2.05, 4.69) is 43.8 Å². The Bertz CT molecular complexity index is 610. The topological polar surface area (TPSA) is 45.5 Å². The van der Waals surface area contributed by atoms with E-state index in [0.717, 1.165) is 36.2 Å². The van der Waals surface area contributed by atoms with Gasteiger partial charge in [0.2, 0.25) is 5.78 Å². The van der Waals surface area contributed by atoms with Crippen molar-refractivity contribution in [2.45, 2.75) is 33.2 Å². The van der Waals surface area contributed by atoms with E-state index in [1.54, 1.807) is 0 Å². The lowest BCUT2D eigenvalue weighted by Crippen LogP contribution is -2.36. The van der Waals surface area contributed by atoms with E-state index in [1.165, 1.54) is 31.6 Å². The predicted molar refractivity (Wildman–Crippen MR) is 84.4 cm³/mol. The van der Waals surface area contributed by atoms with Gasteiger partial charge >= 0.3 is 0 Å². The normalized spacial score (nSPS) is 17.7. The van der Waals surface area contributed by atoms with Gasteiger partial charge in [-0.15, -0.1) is 0 Å². The third-order valence-electron chi connectivity index (χ3n) is 4.40. The number of hydrogen-bond acceptors (Lipinski definition) is 4. The van der Waals surface area contributed by atoms with Crippen molar-refractivity contribution in [2.75, 3.05) is 26.7 Å². The molecule has 0 unspecified atom stereocenters. The van der Waals surface area contributed by atoms with Crippen LogP contribution in [0.1, 0.15) is 29.9 Å². The van der Waals surface area contributed by atoms with Gasteiger partial charge in [-0.05, 0) is 65.4 Å². The van der Waals surface area contributed by atoms with Gasteiger partial charge in [-0.3, -0.25) is 9.30 Å². The molecule has 0 radical (unpaired) electrons. The van der Waals surface area contributed by atoms with Crippen molar-refractivity contribution >= 4 is 5.78 Å². The number of nitrogens with zero attached hydrogens (tertiary/aromatic N) is 4. The highest BCUT2D eigenvalue weighted by Gasteiger charge is 2.19. The Morgan fingerprint density at radius 2 is 2.00 bits per heavy atom. The van der Waals surface area contributed by atoms with Gasteiger partial charge in [0.05, 0.1) is 5.69 Å². The highest BCUT2D eigenvalue weighted by atomic mass is 15.2. The first-order valence-corrected chi connectivity index (χ1v) is 7.85. The second kappa shape index (κ2) is 6.12. The molecule has 1 saturated heterocycles. The molecular weight excluding hydrogens is 262 g/mol. The quantitative estimate of drug-likeness (QED) is 0.931. The van der Waals surface area contributed by atoms with Crippen LogP contribution in [0.3, 0.4) is 0 Å². The number of aryl methyl sites for hydroxylation is 2. The number of rotatable bonds is 4. The number of fused-ring (bicyclic) bond motifs is 1. The third-order valence-corrected chi connectivity index (χ3v) is 4.40. The van der Waals surface area contributed by atoms with Crippen molar-refractivity contribution in [1.82, 2.24) is 24.6 Å². The summed E-state index contributed by atoms with van der Waals surface area (Å²) < 4.78 is 2.09. The first kappa shape index (κ1) is 14.5. The van der Waals surface area contributed by atoms with E-state index in [4.69, 9.17) is 0 Å². The lowest BCUT2D eigenvalue weighted by atomic mass is 9.97. The molecule has 0 spiro atoms. The molecule has 0 bridgehead atoms. The number of imidazole rings is 1. The molecule has 1 N–H and O–H groups in total. The van der Waals surface area contributed by atoms with Crippen molar-refractivity contribution in [3.63, 3.8) is 0 Å². The minimum Gasteiger partial charge on any atom is -0.319 e. The summed E-state index contributed by atoms with van der Waals surface area (Å²) >= 11 is 0. The molecule has 5 nitrogen and oxygen atoms in total. The molecule has 0 aliphatic carbocycles. The average molecular weight is 287 g/mol. The van der Waals surface area contributed by atoms with Gasteiger partial charge in [-0.2, -0.15) is 0 Å². The number of piperidine rings is 1. The third kappa shape index (κ3) is 3.24. The van der Waals surface area contributed by atoms with Crippen LogP contribution in [-0.2, 0) is 6.54 Å². The van der Waals surface area contributed by atoms with E-state index in [0.29, 0.717) is 0 Å². The minimum atomic E-state index is 0.826. The molecule has 1 aliphatic rings. The first-order chi connectivity index (χ1) is 10.2. The van der Waals surface area contributed by atoms with E-state index in [1.807, 2.05) is 14.0 Å². The zero-order chi connectivity index (χ0) is 14.8. The second-order valence-corrected chi connectivity index (χ2v) is 6.22. The molecule has 3 heterocycles. The number of nitrogens with one attached hydrogen (secondary N) is 1. The van der Waals surface area contributed by atoms with Gasteiger partial charge in [-0.1, -0.05) is 0 Å². The van der Waals surface area contributed by atoms with E-state index < -0.39 is 0 Å². The van der Waals surface area contributed by atoms with Gasteiger partial charge < -0.3 is 5.32 Å². The van der Waals surface area contributed by atoms with Gasteiger partial charge in [0.25, 0.3) is 0 Å². The van der Waals surface area contributed by atoms with Crippen LogP contribution in [0.25, 0.3) is 5.78 Å². The molecule has 2 aromatic heterocycles. The lowest BCUT2D eigenvalue weighted by Gasteiger charge is -2.31. The molecule has 3 rings (SSSR count). The van der Waals surface area contributed by atoms with E-state index >= 15 is 0 Å². The van der Waals surface area contributed by atoms with E-state index in [-0.39, 0.29) is 0 Å². The summed E-state index contributed by atoms with van der Waals surface area (Å²) in [7, 11) is 2.04. The highest BCUT2D eigenvalue weighted by Crippen LogP contribution is 2.18. The summed E-state index contributed by atoms with van der Waals surface area (Å²) in [6, 6.07) is 2.10. The van der Waals surface area contributed by atoms with Gasteiger partial charge in [0, 0.05) is 24.1 Å². The monoisotopic (exact) mass is 287 g/mol. The Labute approximate surface area is 126 Å². The van der Waals surface area contributed by atoms with Crippen LogP contribution in [0.5, 0.6) is 0 Å². The number of hydrogen-bond donors (Lipinski definition) is 1. The molecule has 0 atom stereocenters. The van der Waals surface area contributed by atoms with Crippen LogP contribution in [0.4, 0.5) is 0 Å². The standard InChI is InChI=1S/C16H25N5/c1-12-8-13(2)21-11-15(19-16(21)18-12)10-20-6-4-14(5-7-20)9-17-3/h8,11,14,17H,4-7,9-10H2,1-3H3. The molecule has 0 aromatic carbocycles. The molecule has 1 aliphatic heterocycles. The van der Waals surface area contributed by atoms with E-state index in [9.17, 15) is 0 Å². The maximum absolute atomic E-state index is 4.68. The Morgan fingerprint density at radius 3 is 2.71 bits per heavy atom. The van der Waals surface area contributed by atoms with Crippen LogP contribution in [0, 0.1) is 19.8 Å². The zero-order valence-electron chi connectivity index (χ0n) is 13.3. The predicted octanol–water partition coefficient (Wildman–Crippen LogP) is 1.78. The summed E-state index contributed by atoms with van der Waals surface area (Å²) in [5.74, 6) is 1.66. The Morgan fingerprint density at radius 1 is 1.24 bits per heavy atom. The van der Waals surface area contributed by atoms with Crippen molar-refractivity contribution in [3.8, 4) is 0 Å². The molecule has 1 fully saturated rings. The van der Waals surface area contributed by atoms with Crippen molar-refractivity contribution in [1.29, 1.82) is 0 Å². The molecule has 5 heteroatoms. The van der Waals surface area contributed by atoms with Crippen molar-refractivity contribution < 1.29 is 0 Å². The average Bonchev–Trinajstić information content (AvgIpc) is 2.84. The molecule has 21 heavy (non-hydrogen) atoms. The fraction of sp³-hybridized carbons (Fsp3) is 0.625. The van der Waals surface area contributed by atoms with Crippen molar-refractivity contribution in [2.24, 2.45) is 5.92 Å².